The summed E-state index contributed by atoms with van der Waals surface area (Å²) in [5.74, 6) is 1.29. The molecule has 1 aromatic rings. The highest BCUT2D eigenvalue weighted by atomic mass is 19.3. The maximum Gasteiger partial charge on any atom is 0.251 e. The van der Waals surface area contributed by atoms with E-state index >= 15 is 0 Å². The zero-order chi connectivity index (χ0) is 15.9. The minimum Gasteiger partial charge on any atom is -0.497 e. The van der Waals surface area contributed by atoms with Crippen LogP contribution in [0.1, 0.15) is 31.2 Å². The molecule has 0 aliphatic carbocycles. The maximum atomic E-state index is 12.3. The molecule has 0 bridgehead atoms. The first kappa shape index (κ1) is 17.2. The summed E-state index contributed by atoms with van der Waals surface area (Å²) in [4.78, 5) is 1.86. The van der Waals surface area contributed by atoms with Gasteiger partial charge in [0, 0.05) is 12.6 Å². The highest BCUT2D eigenvalue weighted by molar-refractivity contribution is 5.29. The Balaban J connectivity index is 1.71. The summed E-state index contributed by atoms with van der Waals surface area (Å²) in [6.07, 6.45) is -0.330. The second kappa shape index (κ2) is 8.44. The van der Waals surface area contributed by atoms with E-state index in [1.54, 1.807) is 7.11 Å². The van der Waals surface area contributed by atoms with E-state index in [0.29, 0.717) is 12.0 Å². The van der Waals surface area contributed by atoms with Crippen molar-refractivity contribution in [2.24, 2.45) is 0 Å². The van der Waals surface area contributed by atoms with Gasteiger partial charge in [0.25, 0.3) is 6.43 Å². The van der Waals surface area contributed by atoms with Crippen molar-refractivity contribution in [2.45, 2.75) is 38.2 Å². The Morgan fingerprint density at radius 1 is 1.23 bits per heavy atom. The predicted octanol–water partition coefficient (Wildman–Crippen LogP) is 3.12. The van der Waals surface area contributed by atoms with Crippen LogP contribution in [0.25, 0.3) is 0 Å². The van der Waals surface area contributed by atoms with E-state index in [0.717, 1.165) is 38.2 Å². The van der Waals surface area contributed by atoms with Gasteiger partial charge in [-0.1, -0.05) is 19.1 Å². The summed E-state index contributed by atoms with van der Waals surface area (Å²) in [6.45, 7) is 4.54. The smallest absolute Gasteiger partial charge is 0.251 e. The van der Waals surface area contributed by atoms with Crippen LogP contribution in [-0.4, -0.2) is 50.7 Å². The molecule has 1 aliphatic rings. The Morgan fingerprint density at radius 2 is 1.86 bits per heavy atom. The Morgan fingerprint density at radius 3 is 2.41 bits per heavy atom. The van der Waals surface area contributed by atoms with Crippen molar-refractivity contribution in [1.29, 1.82) is 0 Å². The number of likely N-dealkylation sites (tertiary alicyclic amines) is 1. The lowest BCUT2D eigenvalue weighted by Crippen LogP contribution is -2.44. The van der Waals surface area contributed by atoms with Gasteiger partial charge in [-0.2, -0.15) is 0 Å². The van der Waals surface area contributed by atoms with Crippen LogP contribution in [0.15, 0.2) is 24.3 Å². The summed E-state index contributed by atoms with van der Waals surface area (Å²) < 4.78 is 29.9. The molecule has 0 spiro atoms. The van der Waals surface area contributed by atoms with Crippen molar-refractivity contribution in [3.8, 4) is 5.75 Å². The van der Waals surface area contributed by atoms with Gasteiger partial charge in [0.2, 0.25) is 0 Å². The molecule has 1 fully saturated rings. The van der Waals surface area contributed by atoms with Crippen molar-refractivity contribution in [3.05, 3.63) is 29.8 Å². The summed E-state index contributed by atoms with van der Waals surface area (Å²) >= 11 is 0. The van der Waals surface area contributed by atoms with Crippen LogP contribution in [-0.2, 0) is 0 Å². The van der Waals surface area contributed by atoms with Crippen molar-refractivity contribution in [1.82, 2.24) is 10.2 Å². The monoisotopic (exact) mass is 312 g/mol. The number of piperidine rings is 1. The van der Waals surface area contributed by atoms with Gasteiger partial charge in [-0.05, 0) is 49.5 Å². The number of nitrogens with one attached hydrogen (secondary N) is 1. The molecule has 5 heteroatoms. The lowest BCUT2D eigenvalue weighted by Gasteiger charge is -2.32. The molecule has 1 aromatic carbocycles. The van der Waals surface area contributed by atoms with E-state index in [9.17, 15) is 8.78 Å². The van der Waals surface area contributed by atoms with Crippen LogP contribution in [0.5, 0.6) is 5.75 Å². The molecule has 1 N–H and O–H groups in total. The highest BCUT2D eigenvalue weighted by Gasteiger charge is 2.21. The van der Waals surface area contributed by atoms with Gasteiger partial charge in [0.1, 0.15) is 5.75 Å². The molecule has 0 aromatic heterocycles. The average molecular weight is 312 g/mol. The maximum absolute atomic E-state index is 12.3. The van der Waals surface area contributed by atoms with Gasteiger partial charge < -0.3 is 10.1 Å². The average Bonchev–Trinajstić information content (AvgIpc) is 2.53. The Hall–Kier alpha value is -1.20. The number of hydrogen-bond acceptors (Lipinski definition) is 3. The Kier molecular flexibility index (Phi) is 6.58. The summed E-state index contributed by atoms with van der Waals surface area (Å²) in [7, 11) is 1.67. The summed E-state index contributed by atoms with van der Waals surface area (Å²) in [6, 6.07) is 8.59. The number of nitrogens with zero attached hydrogens (tertiary/aromatic N) is 1. The summed E-state index contributed by atoms with van der Waals surface area (Å²) in [5.41, 5.74) is 1.28. The largest absolute Gasteiger partial charge is 0.497 e. The number of hydrogen-bond donors (Lipinski definition) is 1. The number of benzene rings is 1. The van der Waals surface area contributed by atoms with E-state index in [1.807, 2.05) is 17.0 Å². The molecule has 22 heavy (non-hydrogen) atoms. The van der Waals surface area contributed by atoms with Gasteiger partial charge >= 0.3 is 0 Å². The van der Waals surface area contributed by atoms with Crippen LogP contribution in [0, 0.1) is 0 Å². The van der Waals surface area contributed by atoms with Gasteiger partial charge in [-0.3, -0.25) is 4.90 Å². The molecule has 1 aliphatic heterocycles. The molecule has 124 valence electrons. The van der Waals surface area contributed by atoms with Gasteiger partial charge in [0.05, 0.1) is 13.7 Å². The van der Waals surface area contributed by atoms with Gasteiger partial charge in [0.15, 0.2) is 0 Å². The fourth-order valence-corrected chi connectivity index (χ4v) is 2.91. The number of methoxy groups -OCH3 is 1. The SMILES string of the molecule is COc1ccc(C(C)CNC2CCN(CC(F)F)CC2)cc1. The lowest BCUT2D eigenvalue weighted by atomic mass is 9.99. The molecule has 0 radical (unpaired) electrons. The van der Waals surface area contributed by atoms with Crippen LogP contribution >= 0.6 is 0 Å². The lowest BCUT2D eigenvalue weighted by molar-refractivity contribution is 0.0730. The van der Waals surface area contributed by atoms with Crippen LogP contribution in [0.2, 0.25) is 0 Å². The molecule has 2 rings (SSSR count). The third-order valence-corrected chi connectivity index (χ3v) is 4.38. The third kappa shape index (κ3) is 5.21. The molecular weight excluding hydrogens is 286 g/mol. The number of rotatable bonds is 7. The quantitative estimate of drug-likeness (QED) is 0.837. The molecule has 0 saturated carbocycles. The minimum absolute atomic E-state index is 0.0883. The van der Waals surface area contributed by atoms with Crippen molar-refractivity contribution < 1.29 is 13.5 Å². The van der Waals surface area contributed by atoms with Crippen LogP contribution in [0.3, 0.4) is 0 Å². The zero-order valence-corrected chi connectivity index (χ0v) is 13.4. The standard InChI is InChI=1S/C17H26F2N2O/c1-13(14-3-5-16(22-2)6-4-14)11-20-15-7-9-21(10-8-15)12-17(18)19/h3-6,13,15,17,20H,7-12H2,1-2H3. The van der Waals surface area contributed by atoms with Crippen LogP contribution < -0.4 is 10.1 Å². The Bertz CT molecular complexity index is 431. The topological polar surface area (TPSA) is 24.5 Å². The molecule has 1 saturated heterocycles. The second-order valence-electron chi connectivity index (χ2n) is 6.05. The van der Waals surface area contributed by atoms with E-state index in [-0.39, 0.29) is 6.54 Å². The normalized spacial score (nSPS) is 18.6. The van der Waals surface area contributed by atoms with E-state index < -0.39 is 6.43 Å². The van der Waals surface area contributed by atoms with Crippen LogP contribution in [0.4, 0.5) is 8.78 Å². The van der Waals surface area contributed by atoms with Crippen molar-refractivity contribution >= 4 is 0 Å². The van der Waals surface area contributed by atoms with E-state index in [2.05, 4.69) is 24.4 Å². The van der Waals surface area contributed by atoms with E-state index in [4.69, 9.17) is 4.74 Å². The number of ether oxygens (including phenoxy) is 1. The van der Waals surface area contributed by atoms with Crippen molar-refractivity contribution in [3.63, 3.8) is 0 Å². The fourth-order valence-electron chi connectivity index (χ4n) is 2.91. The van der Waals surface area contributed by atoms with Gasteiger partial charge in [-0.25, -0.2) is 8.78 Å². The third-order valence-electron chi connectivity index (χ3n) is 4.38. The first-order chi connectivity index (χ1) is 10.6. The molecule has 1 heterocycles. The summed E-state index contributed by atoms with van der Waals surface area (Å²) in [5, 5.41) is 3.58. The minimum atomic E-state index is -2.22. The van der Waals surface area contributed by atoms with Gasteiger partial charge in [-0.15, -0.1) is 0 Å². The Labute approximate surface area is 131 Å². The molecular formula is C17H26F2N2O. The number of alkyl halides is 2. The second-order valence-corrected chi connectivity index (χ2v) is 6.05. The first-order valence-electron chi connectivity index (χ1n) is 7.96. The van der Waals surface area contributed by atoms with Crippen molar-refractivity contribution in [2.75, 3.05) is 33.3 Å². The highest BCUT2D eigenvalue weighted by Crippen LogP contribution is 2.19. The number of halogens is 2. The molecule has 1 unspecified atom stereocenters. The first-order valence-corrected chi connectivity index (χ1v) is 7.96. The zero-order valence-electron chi connectivity index (χ0n) is 13.4. The molecule has 0 amide bonds. The molecule has 3 nitrogen and oxygen atoms in total. The fraction of sp³-hybridized carbons (Fsp3) is 0.647. The predicted molar refractivity (Wildman–Crippen MR) is 84.9 cm³/mol. The molecule has 1 atom stereocenters. The van der Waals surface area contributed by atoms with E-state index in [1.165, 1.54) is 5.56 Å².